The van der Waals surface area contributed by atoms with E-state index < -0.39 is 36.3 Å². The molecule has 11 heavy (non-hydrogen) atoms. The summed E-state index contributed by atoms with van der Waals surface area (Å²) in [5.41, 5.74) is 0. The second kappa shape index (κ2) is 4.58. The third kappa shape index (κ3) is 7.63. The van der Waals surface area contributed by atoms with Crippen molar-refractivity contribution in [2.45, 2.75) is 12.6 Å². The first-order valence-corrected chi connectivity index (χ1v) is 4.14. The molecule has 1 atom stereocenters. The molecule has 0 fully saturated rings. The molecule has 4 nitrogen and oxygen atoms in total. The second-order valence-electron chi connectivity index (χ2n) is 1.79. The lowest BCUT2D eigenvalue weighted by atomic mass is 10.3. The Kier molecular flexibility index (Phi) is 4.46. The van der Waals surface area contributed by atoms with Gasteiger partial charge in [0.25, 0.3) is 0 Å². The number of rotatable bonds is 5. The topological polar surface area (TPSA) is 63.6 Å². The molecule has 0 aromatic carbocycles. The van der Waals surface area contributed by atoms with E-state index in [4.69, 9.17) is 4.55 Å². The van der Waals surface area contributed by atoms with Crippen LogP contribution >= 0.6 is 0 Å². The molecular formula is C4H8F2O4S. The Hall–Kier alpha value is -0.270. The van der Waals surface area contributed by atoms with Crippen molar-refractivity contribution >= 4 is 10.4 Å². The summed E-state index contributed by atoms with van der Waals surface area (Å²) in [4.78, 5) is 0. The van der Waals surface area contributed by atoms with Crippen molar-refractivity contribution in [3.05, 3.63) is 0 Å². The maximum absolute atomic E-state index is 12.0. The van der Waals surface area contributed by atoms with Crippen molar-refractivity contribution in [3.63, 3.8) is 0 Å². The highest BCUT2D eigenvalue weighted by Crippen LogP contribution is 1.99. The van der Waals surface area contributed by atoms with Crippen LogP contribution in [0.3, 0.4) is 0 Å². The molecule has 0 aliphatic rings. The summed E-state index contributed by atoms with van der Waals surface area (Å²) >= 11 is 0. The number of halogens is 2. The quantitative estimate of drug-likeness (QED) is 0.641. The Morgan fingerprint density at radius 3 is 2.45 bits per heavy atom. The van der Waals surface area contributed by atoms with Crippen LogP contribution in [0.2, 0.25) is 0 Å². The van der Waals surface area contributed by atoms with Gasteiger partial charge < -0.3 is 0 Å². The predicted octanol–water partition coefficient (Wildman–Crippen LogP) is 0.504. The van der Waals surface area contributed by atoms with E-state index in [9.17, 15) is 17.2 Å². The van der Waals surface area contributed by atoms with Crippen LogP contribution in [0.25, 0.3) is 0 Å². The zero-order valence-electron chi connectivity index (χ0n) is 5.53. The van der Waals surface area contributed by atoms with Gasteiger partial charge in [0.2, 0.25) is 0 Å². The van der Waals surface area contributed by atoms with Gasteiger partial charge in [-0.3, -0.25) is 4.55 Å². The average Bonchev–Trinajstić information content (AvgIpc) is 1.85. The summed E-state index contributed by atoms with van der Waals surface area (Å²) < 4.78 is 54.6. The average molecular weight is 190 g/mol. The smallest absolute Gasteiger partial charge is 0.264 e. The Morgan fingerprint density at radius 2 is 2.09 bits per heavy atom. The standard InChI is InChI=1S/C4H8F2O4S/c5-3-4(6)1-2-10-11(7,8)9/h4H,1-3H2,(H,7,8,9). The molecule has 7 heteroatoms. The fourth-order valence-electron chi connectivity index (χ4n) is 0.358. The predicted molar refractivity (Wildman–Crippen MR) is 33.0 cm³/mol. The van der Waals surface area contributed by atoms with Gasteiger partial charge >= 0.3 is 10.4 Å². The summed E-state index contributed by atoms with van der Waals surface area (Å²) in [5.74, 6) is 0. The molecule has 0 amide bonds. The zero-order chi connectivity index (χ0) is 8.91. The van der Waals surface area contributed by atoms with E-state index in [0.29, 0.717) is 0 Å². The van der Waals surface area contributed by atoms with Crippen LogP contribution in [0.4, 0.5) is 8.78 Å². The van der Waals surface area contributed by atoms with Gasteiger partial charge in [-0.05, 0) is 0 Å². The SMILES string of the molecule is O=S(=O)(O)OCCC(F)CF. The van der Waals surface area contributed by atoms with Crippen LogP contribution in [0.5, 0.6) is 0 Å². The summed E-state index contributed by atoms with van der Waals surface area (Å²) in [6.45, 7) is -1.74. The Bertz CT molecular complexity index is 190. The summed E-state index contributed by atoms with van der Waals surface area (Å²) in [6, 6.07) is 0. The summed E-state index contributed by atoms with van der Waals surface area (Å²) in [6.07, 6.45) is -2.13. The first-order valence-electron chi connectivity index (χ1n) is 2.77. The molecule has 0 aliphatic carbocycles. The number of alkyl halides is 2. The zero-order valence-corrected chi connectivity index (χ0v) is 6.35. The highest BCUT2D eigenvalue weighted by atomic mass is 32.3. The molecule has 0 aromatic rings. The van der Waals surface area contributed by atoms with E-state index in [1.165, 1.54) is 0 Å². The van der Waals surface area contributed by atoms with Crippen LogP contribution < -0.4 is 0 Å². The monoisotopic (exact) mass is 190 g/mol. The first-order chi connectivity index (χ1) is 4.95. The van der Waals surface area contributed by atoms with Gasteiger partial charge in [0, 0.05) is 6.42 Å². The van der Waals surface area contributed by atoms with Crippen molar-refractivity contribution in [1.29, 1.82) is 0 Å². The number of hydrogen-bond donors (Lipinski definition) is 1. The van der Waals surface area contributed by atoms with Crippen molar-refractivity contribution in [2.24, 2.45) is 0 Å². The van der Waals surface area contributed by atoms with E-state index in [1.807, 2.05) is 0 Å². The largest absolute Gasteiger partial charge is 0.397 e. The molecular weight excluding hydrogens is 182 g/mol. The van der Waals surface area contributed by atoms with Crippen molar-refractivity contribution in [1.82, 2.24) is 0 Å². The van der Waals surface area contributed by atoms with Gasteiger partial charge in [-0.2, -0.15) is 8.42 Å². The van der Waals surface area contributed by atoms with E-state index in [1.54, 1.807) is 0 Å². The Balaban J connectivity index is 3.43. The lowest BCUT2D eigenvalue weighted by molar-refractivity contribution is 0.193. The van der Waals surface area contributed by atoms with Crippen LogP contribution in [0, 0.1) is 0 Å². The third-order valence-corrected chi connectivity index (χ3v) is 1.30. The molecule has 1 unspecified atom stereocenters. The van der Waals surface area contributed by atoms with Crippen molar-refractivity contribution in [3.8, 4) is 0 Å². The van der Waals surface area contributed by atoms with E-state index in [2.05, 4.69) is 4.18 Å². The lowest BCUT2D eigenvalue weighted by Gasteiger charge is -2.01. The minimum absolute atomic E-state index is 0.393. The minimum atomic E-state index is -4.52. The molecule has 0 radical (unpaired) electrons. The molecule has 1 N–H and O–H groups in total. The molecule has 0 heterocycles. The van der Waals surface area contributed by atoms with Gasteiger partial charge in [0.15, 0.2) is 0 Å². The third-order valence-electron chi connectivity index (χ3n) is 0.831. The van der Waals surface area contributed by atoms with Crippen molar-refractivity contribution < 1.29 is 25.9 Å². The van der Waals surface area contributed by atoms with Gasteiger partial charge in [0.1, 0.15) is 12.8 Å². The van der Waals surface area contributed by atoms with Gasteiger partial charge in [0.05, 0.1) is 6.61 Å². The summed E-state index contributed by atoms with van der Waals surface area (Å²) in [5, 5.41) is 0. The maximum Gasteiger partial charge on any atom is 0.397 e. The van der Waals surface area contributed by atoms with Crippen LogP contribution in [0.15, 0.2) is 0 Å². The van der Waals surface area contributed by atoms with E-state index in [-0.39, 0.29) is 0 Å². The van der Waals surface area contributed by atoms with E-state index in [0.717, 1.165) is 0 Å². The highest BCUT2D eigenvalue weighted by molar-refractivity contribution is 7.80. The van der Waals surface area contributed by atoms with Crippen molar-refractivity contribution in [2.75, 3.05) is 13.3 Å². The van der Waals surface area contributed by atoms with Gasteiger partial charge in [-0.1, -0.05) is 0 Å². The molecule has 68 valence electrons. The van der Waals surface area contributed by atoms with Crippen LogP contribution in [-0.2, 0) is 14.6 Å². The van der Waals surface area contributed by atoms with Gasteiger partial charge in [-0.15, -0.1) is 0 Å². The Labute approximate surface area is 63.1 Å². The highest BCUT2D eigenvalue weighted by Gasteiger charge is 2.09. The Morgan fingerprint density at radius 1 is 1.55 bits per heavy atom. The molecule has 0 rings (SSSR count). The molecule has 0 bridgehead atoms. The minimum Gasteiger partial charge on any atom is -0.264 e. The maximum atomic E-state index is 12.0. The second-order valence-corrected chi connectivity index (χ2v) is 2.88. The normalized spacial score (nSPS) is 14.8. The molecule has 0 saturated heterocycles. The van der Waals surface area contributed by atoms with Crippen LogP contribution in [-0.4, -0.2) is 32.4 Å². The first kappa shape index (κ1) is 10.7. The fourth-order valence-corrected chi connectivity index (χ4v) is 0.665. The van der Waals surface area contributed by atoms with Gasteiger partial charge in [-0.25, -0.2) is 13.0 Å². The fraction of sp³-hybridized carbons (Fsp3) is 1.00. The molecule has 0 aromatic heterocycles. The van der Waals surface area contributed by atoms with Crippen LogP contribution in [0.1, 0.15) is 6.42 Å². The summed E-state index contributed by atoms with van der Waals surface area (Å²) in [7, 11) is -4.52. The lowest BCUT2D eigenvalue weighted by Crippen LogP contribution is -2.11. The molecule has 0 spiro atoms. The van der Waals surface area contributed by atoms with E-state index >= 15 is 0 Å². The molecule has 0 saturated carbocycles. The number of hydrogen-bond acceptors (Lipinski definition) is 3. The molecule has 0 aliphatic heterocycles.